The standard InChI is InChI=1S/C47H42N4O.C30H32N2O.C21H27BO2.C17H11BrN2.C10H9BrN2O/c1-3-5-25-47(26-6-4-2)42-18-9-7-16-38(42)39-23-21-33(28-43(39)47)34-31-49-50(32-34)35-14-13-15-36(29-35)52-37-22-24-41-40-17-8-10-19-44(40)51(45(41)30-37)46-20-11-12-27-48-46;1-3-5-16-30(17-6-4-2)28-13-8-7-12-26(28)27-15-14-22(18-29(27)30)23-20-31-32(21-23)24-10-9-11-25(33)19-24;1-3-5-13-21(14-6-4-2)19-10-8-7-9-17(19)18-12-11-16(22(23)24)15-20(18)21;18-12-8-9-14-13-5-1-2-6-15(13)20(16(14)11-12)17-7-3-4-10-19-17;1-14-10-4-2-3-9(5-10)13-7-8(11)6-12-13/h7-24,27-32H,3-6,25-26H2,1-2H3;7-15,18-21,33H,3-6,16-17H2,1-2H3;7-12,15,23-24H,3-6,13-14H2,1-2H3;1-11H;2-7H,1H3. The second kappa shape index (κ2) is 44.1. The minimum atomic E-state index is -1.41. The first kappa shape index (κ1) is 97.6. The molecule has 0 unspecified atom stereocenters. The molecule has 0 radical (unpaired) electrons. The smallest absolute Gasteiger partial charge is 0.488 e. The maximum atomic E-state index is 9.85. The quantitative estimate of drug-likeness (QED) is 0.0384. The molecule has 18 heteroatoms. The van der Waals surface area contributed by atoms with Crippen molar-refractivity contribution in [2.24, 2.45) is 0 Å². The summed E-state index contributed by atoms with van der Waals surface area (Å²) in [6, 6.07) is 112. The summed E-state index contributed by atoms with van der Waals surface area (Å²) in [5.41, 5.74) is 29.5. The maximum absolute atomic E-state index is 9.85. The molecule has 0 saturated carbocycles. The molecule has 0 saturated heterocycles. The van der Waals surface area contributed by atoms with Crippen LogP contribution in [0.2, 0.25) is 0 Å². The first-order chi connectivity index (χ1) is 70.1. The number of hydrogen-bond acceptors (Lipinski definition) is 10. The molecule has 3 aliphatic carbocycles. The van der Waals surface area contributed by atoms with Crippen molar-refractivity contribution in [1.29, 1.82) is 0 Å². The van der Waals surface area contributed by atoms with E-state index in [9.17, 15) is 15.2 Å². The van der Waals surface area contributed by atoms with Crippen LogP contribution in [-0.2, 0) is 16.2 Å². The predicted octanol–water partition coefficient (Wildman–Crippen LogP) is 32.0. The summed E-state index contributed by atoms with van der Waals surface area (Å²) in [6.45, 7) is 13.7. The molecule has 0 spiro atoms. The Labute approximate surface area is 856 Å². The number of benzene rings is 13. The molecular formula is C125H121BBr2N10O5. The van der Waals surface area contributed by atoms with E-state index in [0.717, 1.165) is 95.3 Å². The molecular weight excluding hydrogens is 1890 g/mol. The Morgan fingerprint density at radius 3 is 1.14 bits per heavy atom. The Morgan fingerprint density at radius 1 is 0.308 bits per heavy atom. The monoisotopic (exact) mass is 2010 g/mol. The van der Waals surface area contributed by atoms with Gasteiger partial charge in [-0.05, 0) is 247 Å². The summed E-state index contributed by atoms with van der Waals surface area (Å²) in [5, 5.41) is 47.6. The lowest BCUT2D eigenvalue weighted by molar-refractivity contribution is 0.413. The van der Waals surface area contributed by atoms with Crippen LogP contribution in [0, 0.1) is 0 Å². The lowest BCUT2D eigenvalue weighted by Gasteiger charge is -2.33. The van der Waals surface area contributed by atoms with Gasteiger partial charge >= 0.3 is 7.12 Å². The van der Waals surface area contributed by atoms with E-state index < -0.39 is 7.12 Å². The van der Waals surface area contributed by atoms with Gasteiger partial charge in [-0.15, -0.1) is 0 Å². The molecule has 0 bridgehead atoms. The van der Waals surface area contributed by atoms with E-state index in [-0.39, 0.29) is 22.0 Å². The average Bonchev–Trinajstić information content (AvgIpc) is 1.58. The fraction of sp³-hybridized carbons (Fsp3) is 0.224. The molecule has 20 aromatic rings. The van der Waals surface area contributed by atoms with Crippen molar-refractivity contribution in [1.82, 2.24) is 48.4 Å². The van der Waals surface area contributed by atoms with Crippen LogP contribution in [-0.4, -0.2) is 77.8 Å². The molecule has 143 heavy (non-hydrogen) atoms. The Kier molecular flexibility index (Phi) is 30.1. The van der Waals surface area contributed by atoms with Gasteiger partial charge in [-0.1, -0.05) is 323 Å². The van der Waals surface area contributed by atoms with Gasteiger partial charge in [-0.3, -0.25) is 9.13 Å². The van der Waals surface area contributed by atoms with Crippen LogP contribution < -0.4 is 14.9 Å². The summed E-state index contributed by atoms with van der Waals surface area (Å²) in [5.74, 6) is 4.41. The SMILES string of the molecule is Brc1ccc2c3ccccc3n(-c3ccccn3)c2c1.CCCCC1(CCCC)c2ccccc2-c2ccc(-c3cnn(-c4cccc(O)c4)c3)cc21.CCCCC1(CCCC)c2ccccc2-c2ccc(-c3cnn(-c4cccc(Oc5ccc6c7ccccc7n(-c7ccccn7)c6c5)c4)c3)cc21.CCCCC1(CCCC)c2ccccc2-c2ccc(B(O)O)cc21.COc1cccc(-n2cc(Br)cn2)c1. The van der Waals surface area contributed by atoms with E-state index in [1.807, 2.05) is 143 Å². The van der Waals surface area contributed by atoms with Crippen LogP contribution in [0.1, 0.15) is 190 Å². The van der Waals surface area contributed by atoms with Gasteiger partial charge in [-0.2, -0.15) is 15.3 Å². The van der Waals surface area contributed by atoms with Crippen LogP contribution in [0.15, 0.2) is 380 Å². The number of ether oxygens (including phenoxy) is 2. The zero-order valence-electron chi connectivity index (χ0n) is 82.4. The molecule has 3 aliphatic rings. The Balaban J connectivity index is 0.000000122. The number of aromatic hydroxyl groups is 1. The van der Waals surface area contributed by atoms with Crippen LogP contribution in [0.5, 0.6) is 23.0 Å². The number of halogens is 2. The third kappa shape index (κ3) is 19.9. The van der Waals surface area contributed by atoms with Crippen LogP contribution in [0.4, 0.5) is 0 Å². The van der Waals surface area contributed by atoms with Crippen LogP contribution >= 0.6 is 31.9 Å². The zero-order valence-corrected chi connectivity index (χ0v) is 85.6. The van der Waals surface area contributed by atoms with Gasteiger partial charge in [-0.25, -0.2) is 24.0 Å². The molecule has 15 nitrogen and oxygen atoms in total. The minimum absolute atomic E-state index is 0.0167. The van der Waals surface area contributed by atoms with E-state index >= 15 is 0 Å². The number of phenols is 1. The fourth-order valence-corrected chi connectivity index (χ4v) is 22.7. The highest BCUT2D eigenvalue weighted by Crippen LogP contribution is 2.58. The largest absolute Gasteiger partial charge is 0.508 e. The summed E-state index contributed by atoms with van der Waals surface area (Å²) in [7, 11) is 0.243. The summed E-state index contributed by atoms with van der Waals surface area (Å²) in [6.07, 6.45) is 36.9. The van der Waals surface area contributed by atoms with Crippen LogP contribution in [0.25, 0.3) is 128 Å². The highest BCUT2D eigenvalue weighted by atomic mass is 79.9. The average molecular weight is 2010 g/mol. The third-order valence-electron chi connectivity index (χ3n) is 29.0. The van der Waals surface area contributed by atoms with Crippen LogP contribution in [0.3, 0.4) is 0 Å². The van der Waals surface area contributed by atoms with E-state index in [0.29, 0.717) is 5.46 Å². The topological polar surface area (TPSA) is 168 Å². The number of rotatable bonds is 29. The molecule has 7 heterocycles. The molecule has 3 N–H and O–H groups in total. The number of nitrogens with zero attached hydrogens (tertiary/aromatic N) is 10. The minimum Gasteiger partial charge on any atom is -0.508 e. The van der Waals surface area contributed by atoms with E-state index in [4.69, 9.17) is 14.6 Å². The number of para-hydroxylation sites is 2. The van der Waals surface area contributed by atoms with Gasteiger partial charge in [0.15, 0.2) is 0 Å². The number of methoxy groups -OCH3 is 1. The number of unbranched alkanes of at least 4 members (excludes halogenated alkanes) is 6. The Morgan fingerprint density at radius 2 is 0.692 bits per heavy atom. The number of fused-ring (bicyclic) bond motifs is 15. The number of phenolic OH excluding ortho intramolecular Hbond substituents is 1. The zero-order chi connectivity index (χ0) is 98.6. The maximum Gasteiger partial charge on any atom is 0.488 e. The molecule has 0 aliphatic heterocycles. The van der Waals surface area contributed by atoms with Crippen molar-refractivity contribution in [3.8, 4) is 107 Å². The molecule has 0 atom stereocenters. The second-order valence-corrected chi connectivity index (χ2v) is 39.7. The Hall–Kier alpha value is -14.3. The van der Waals surface area contributed by atoms with E-state index in [1.165, 1.54) is 208 Å². The van der Waals surface area contributed by atoms with Gasteiger partial charge in [0.1, 0.15) is 34.6 Å². The number of hydrogen-bond donors (Lipinski definition) is 3. The molecule has 23 rings (SSSR count). The number of aromatic nitrogens is 10. The van der Waals surface area contributed by atoms with Crippen molar-refractivity contribution in [2.45, 2.75) is 173 Å². The lowest BCUT2D eigenvalue weighted by atomic mass is 9.69. The van der Waals surface area contributed by atoms with Crippen molar-refractivity contribution in [3.63, 3.8) is 0 Å². The predicted molar refractivity (Wildman–Crippen MR) is 594 cm³/mol. The lowest BCUT2D eigenvalue weighted by Crippen LogP contribution is -2.32. The summed E-state index contributed by atoms with van der Waals surface area (Å²) in [4.78, 5) is 9.17. The molecule has 718 valence electrons. The van der Waals surface area contributed by atoms with Gasteiger partial charge in [0.2, 0.25) is 0 Å². The van der Waals surface area contributed by atoms with E-state index in [1.54, 1.807) is 30.1 Å². The summed E-state index contributed by atoms with van der Waals surface area (Å²) >= 11 is 6.91. The molecule has 13 aromatic carbocycles. The van der Waals surface area contributed by atoms with Crippen molar-refractivity contribution in [3.05, 3.63) is 413 Å². The first-order valence-electron chi connectivity index (χ1n) is 50.8. The second-order valence-electron chi connectivity index (χ2n) is 37.9. The highest BCUT2D eigenvalue weighted by molar-refractivity contribution is 9.10. The highest BCUT2D eigenvalue weighted by Gasteiger charge is 2.46. The Bertz CT molecular complexity index is 7830. The molecule has 0 amide bonds. The molecule has 0 fully saturated rings. The number of pyridine rings is 2. The third-order valence-corrected chi connectivity index (χ3v) is 29.9. The van der Waals surface area contributed by atoms with Crippen molar-refractivity contribution < 1.29 is 24.6 Å². The van der Waals surface area contributed by atoms with Gasteiger partial charge in [0.25, 0.3) is 0 Å². The molecule has 7 aromatic heterocycles. The summed E-state index contributed by atoms with van der Waals surface area (Å²) < 4.78 is 23.7. The van der Waals surface area contributed by atoms with Crippen molar-refractivity contribution >= 4 is 88.1 Å². The normalized spacial score (nSPS) is 12.9. The van der Waals surface area contributed by atoms with Gasteiger partial charge in [0, 0.05) is 109 Å². The van der Waals surface area contributed by atoms with Gasteiger partial charge < -0.3 is 24.6 Å². The van der Waals surface area contributed by atoms with Gasteiger partial charge in [0.05, 0.1) is 69.3 Å². The van der Waals surface area contributed by atoms with E-state index in [2.05, 4.69) is 321 Å². The fourth-order valence-electron chi connectivity index (χ4n) is 22.1. The van der Waals surface area contributed by atoms with Crippen molar-refractivity contribution in [2.75, 3.05) is 7.11 Å². The first-order valence-corrected chi connectivity index (χ1v) is 52.4.